The average molecular weight is 562 g/mol. The highest BCUT2D eigenvalue weighted by molar-refractivity contribution is 6.06. The van der Waals surface area contributed by atoms with Crippen molar-refractivity contribution in [2.75, 3.05) is 13.2 Å². The van der Waals surface area contributed by atoms with E-state index in [9.17, 15) is 19.5 Å². The Morgan fingerprint density at radius 1 is 1.02 bits per heavy atom. The predicted octanol–water partition coefficient (Wildman–Crippen LogP) is 5.46. The van der Waals surface area contributed by atoms with Gasteiger partial charge in [-0.3, -0.25) is 19.3 Å². The molecule has 8 heteroatoms. The molecule has 218 valence electrons. The highest BCUT2D eigenvalue weighted by Gasteiger charge is 2.56. The van der Waals surface area contributed by atoms with Gasteiger partial charge in [0.15, 0.2) is 0 Å². The van der Waals surface area contributed by atoms with Crippen molar-refractivity contribution in [1.82, 2.24) is 4.90 Å². The van der Waals surface area contributed by atoms with Gasteiger partial charge in [0.2, 0.25) is 11.8 Å². The Bertz CT molecular complexity index is 1320. The molecule has 2 aliphatic heterocycles. The number of aliphatic hydroxyl groups is 1. The molecule has 2 aromatic rings. The molecule has 8 nitrogen and oxygen atoms in total. The summed E-state index contributed by atoms with van der Waals surface area (Å²) < 4.78 is 12.1. The summed E-state index contributed by atoms with van der Waals surface area (Å²) in [5.74, 6) is -0.579. The number of allylic oxidation sites excluding steroid dienone is 2. The summed E-state index contributed by atoms with van der Waals surface area (Å²) in [6, 6.07) is 13.8. The lowest BCUT2D eigenvalue weighted by atomic mass is 9.69. The number of carbonyl (C=O) groups excluding carboxylic acids is 2. The number of ether oxygens (including phenoxy) is 1. The maximum atomic E-state index is 13.5. The SMILES string of the molecule is CCC1=C2[C@@H](CC/C(=C/c3ccc(CO)o3)c3ccccc3)OC[C@@H]2[C@@H]2C(=O)N(CCCCCC(=O)O)C(=O)[C@@H]2C1. The van der Waals surface area contributed by atoms with Crippen LogP contribution in [-0.2, 0) is 25.7 Å². The largest absolute Gasteiger partial charge is 0.481 e. The fourth-order valence-corrected chi connectivity index (χ4v) is 6.79. The number of carboxylic acid groups (broad SMARTS) is 1. The van der Waals surface area contributed by atoms with E-state index in [2.05, 4.69) is 19.1 Å². The number of imide groups is 1. The van der Waals surface area contributed by atoms with Crippen molar-refractivity contribution in [3.8, 4) is 0 Å². The maximum absolute atomic E-state index is 13.5. The van der Waals surface area contributed by atoms with E-state index in [1.165, 1.54) is 16.0 Å². The van der Waals surface area contributed by atoms with Crippen molar-refractivity contribution >= 4 is 29.4 Å². The first kappa shape index (κ1) is 29.0. The number of carboxylic acids is 1. The van der Waals surface area contributed by atoms with Gasteiger partial charge in [0, 0.05) is 18.9 Å². The standard InChI is InChI=1S/C33H39NO7/c1-2-21-18-26-31(33(39)34(32(26)38)16-8-4-7-11-29(36)37)27-20-40-28(30(21)27)15-12-23(22-9-5-3-6-10-22)17-24-13-14-25(19-35)41-24/h3,5-6,9-10,13-14,17,26-28,31,35H,2,4,7-8,11-12,15-16,18-20H2,1H3,(H,36,37)/b23-17-/t26-,27+,28-,31-/m1/s1. The number of benzene rings is 1. The molecule has 0 unspecified atom stereocenters. The van der Waals surface area contributed by atoms with Crippen LogP contribution < -0.4 is 0 Å². The summed E-state index contributed by atoms with van der Waals surface area (Å²) in [4.78, 5) is 39.1. The molecule has 1 aromatic carbocycles. The Morgan fingerprint density at radius 3 is 2.54 bits per heavy atom. The lowest BCUT2D eigenvalue weighted by Gasteiger charge is -2.31. The number of unbranched alkanes of at least 4 members (excludes halogenated alkanes) is 2. The van der Waals surface area contributed by atoms with Gasteiger partial charge in [0.25, 0.3) is 0 Å². The van der Waals surface area contributed by atoms with Crippen LogP contribution >= 0.6 is 0 Å². The Morgan fingerprint density at radius 2 is 1.83 bits per heavy atom. The Hall–Kier alpha value is -3.49. The minimum absolute atomic E-state index is 0.0801. The van der Waals surface area contributed by atoms with Crippen molar-refractivity contribution in [1.29, 1.82) is 0 Å². The van der Waals surface area contributed by atoms with Crippen LogP contribution in [0.1, 0.15) is 75.4 Å². The van der Waals surface area contributed by atoms with E-state index >= 15 is 0 Å². The minimum atomic E-state index is -0.825. The number of furan rings is 1. The molecule has 1 aromatic heterocycles. The number of fused-ring (bicyclic) bond motifs is 3. The molecular formula is C33H39NO7. The highest BCUT2D eigenvalue weighted by Crippen LogP contribution is 2.50. The van der Waals surface area contributed by atoms with Crippen LogP contribution in [0.4, 0.5) is 0 Å². The van der Waals surface area contributed by atoms with Crippen molar-refractivity contribution in [2.24, 2.45) is 17.8 Å². The first-order valence-corrected chi connectivity index (χ1v) is 14.8. The molecular weight excluding hydrogens is 522 g/mol. The molecule has 0 radical (unpaired) electrons. The summed E-state index contributed by atoms with van der Waals surface area (Å²) in [5.41, 5.74) is 4.65. The van der Waals surface area contributed by atoms with Gasteiger partial charge in [-0.05, 0) is 73.4 Å². The normalized spacial score (nSPS) is 24.2. The van der Waals surface area contributed by atoms with Gasteiger partial charge in [0.05, 0.1) is 24.5 Å². The maximum Gasteiger partial charge on any atom is 0.303 e. The molecule has 0 bridgehead atoms. The number of hydrogen-bond acceptors (Lipinski definition) is 6. The van der Waals surface area contributed by atoms with Crippen LogP contribution in [0.3, 0.4) is 0 Å². The topological polar surface area (TPSA) is 117 Å². The molecule has 2 saturated heterocycles. The van der Waals surface area contributed by atoms with E-state index in [0.29, 0.717) is 50.4 Å². The number of likely N-dealkylation sites (tertiary alicyclic amines) is 1. The fourth-order valence-electron chi connectivity index (χ4n) is 6.79. The summed E-state index contributed by atoms with van der Waals surface area (Å²) in [7, 11) is 0. The number of amides is 2. The number of aliphatic carboxylic acids is 1. The second-order valence-electron chi connectivity index (χ2n) is 11.2. The Balaban J connectivity index is 1.30. The minimum Gasteiger partial charge on any atom is -0.481 e. The van der Waals surface area contributed by atoms with Crippen LogP contribution in [0.25, 0.3) is 11.6 Å². The van der Waals surface area contributed by atoms with E-state index in [4.69, 9.17) is 14.3 Å². The number of nitrogens with zero attached hydrogens (tertiary/aromatic N) is 1. The van der Waals surface area contributed by atoms with Gasteiger partial charge in [-0.2, -0.15) is 0 Å². The number of rotatable bonds is 13. The van der Waals surface area contributed by atoms with Crippen LogP contribution in [0.15, 0.2) is 58.0 Å². The van der Waals surface area contributed by atoms with Crippen molar-refractivity contribution in [3.63, 3.8) is 0 Å². The zero-order valence-corrected chi connectivity index (χ0v) is 23.6. The fraction of sp³-hybridized carbons (Fsp3) is 0.485. The molecule has 5 rings (SSSR count). The van der Waals surface area contributed by atoms with Crippen molar-refractivity contribution in [3.05, 3.63) is 70.7 Å². The monoisotopic (exact) mass is 561 g/mol. The predicted molar refractivity (Wildman–Crippen MR) is 153 cm³/mol. The molecule has 3 aliphatic rings. The first-order chi connectivity index (χ1) is 19.9. The van der Waals surface area contributed by atoms with E-state index < -0.39 is 5.97 Å². The molecule has 2 amide bonds. The summed E-state index contributed by atoms with van der Waals surface area (Å²) in [6.45, 7) is 2.76. The third kappa shape index (κ3) is 6.23. The summed E-state index contributed by atoms with van der Waals surface area (Å²) in [5, 5.41) is 18.3. The second-order valence-corrected chi connectivity index (χ2v) is 11.2. The van der Waals surface area contributed by atoms with E-state index in [1.807, 2.05) is 30.3 Å². The molecule has 0 saturated carbocycles. The zero-order chi connectivity index (χ0) is 28.9. The molecule has 2 N–H and O–H groups in total. The van der Waals surface area contributed by atoms with Crippen LogP contribution in [0.2, 0.25) is 0 Å². The molecule has 41 heavy (non-hydrogen) atoms. The van der Waals surface area contributed by atoms with Gasteiger partial charge in [-0.1, -0.05) is 49.2 Å². The first-order valence-electron chi connectivity index (χ1n) is 14.8. The molecule has 2 fully saturated rings. The summed E-state index contributed by atoms with van der Waals surface area (Å²) in [6.07, 6.45) is 6.76. The molecule has 3 heterocycles. The van der Waals surface area contributed by atoms with E-state index in [0.717, 1.165) is 30.4 Å². The molecule has 1 aliphatic carbocycles. The zero-order valence-electron chi connectivity index (χ0n) is 23.6. The van der Waals surface area contributed by atoms with Crippen molar-refractivity contribution in [2.45, 2.75) is 71.0 Å². The van der Waals surface area contributed by atoms with Gasteiger partial charge in [0.1, 0.15) is 18.1 Å². The number of carbonyl (C=O) groups is 3. The molecule has 4 atom stereocenters. The summed E-state index contributed by atoms with van der Waals surface area (Å²) >= 11 is 0. The van der Waals surface area contributed by atoms with E-state index in [1.54, 1.807) is 6.07 Å². The Labute approximate surface area is 240 Å². The highest BCUT2D eigenvalue weighted by atomic mass is 16.5. The number of aliphatic hydroxyl groups excluding tert-OH is 1. The van der Waals surface area contributed by atoms with Crippen molar-refractivity contribution < 1.29 is 33.8 Å². The Kier molecular flexibility index (Phi) is 9.20. The van der Waals surface area contributed by atoms with Gasteiger partial charge in [-0.25, -0.2) is 0 Å². The van der Waals surface area contributed by atoms with Crippen LogP contribution in [-0.4, -0.2) is 52.2 Å². The van der Waals surface area contributed by atoms with Crippen LogP contribution in [0, 0.1) is 17.8 Å². The average Bonchev–Trinajstić information content (AvgIpc) is 3.68. The second kappa shape index (κ2) is 13.0. The molecule has 0 spiro atoms. The van der Waals surface area contributed by atoms with E-state index in [-0.39, 0.29) is 48.7 Å². The van der Waals surface area contributed by atoms with Crippen LogP contribution in [0.5, 0.6) is 0 Å². The lowest BCUT2D eigenvalue weighted by Crippen LogP contribution is -2.34. The van der Waals surface area contributed by atoms with Gasteiger partial charge < -0.3 is 19.4 Å². The van der Waals surface area contributed by atoms with Gasteiger partial charge >= 0.3 is 5.97 Å². The number of hydrogen-bond donors (Lipinski definition) is 2. The van der Waals surface area contributed by atoms with Gasteiger partial charge in [-0.15, -0.1) is 0 Å². The smallest absolute Gasteiger partial charge is 0.303 e. The third-order valence-corrected chi connectivity index (χ3v) is 8.77. The third-order valence-electron chi connectivity index (χ3n) is 8.77. The quantitative estimate of drug-likeness (QED) is 0.189. The lowest BCUT2D eigenvalue weighted by molar-refractivity contribution is -0.141.